The van der Waals surface area contributed by atoms with Crippen LogP contribution in [0.5, 0.6) is 0 Å². The van der Waals surface area contributed by atoms with Gasteiger partial charge in [0.15, 0.2) is 0 Å². The van der Waals surface area contributed by atoms with Crippen LogP contribution in [-0.4, -0.2) is 18.6 Å². The minimum atomic E-state index is 0.378. The molecule has 0 saturated heterocycles. The molecule has 90 valence electrons. The van der Waals surface area contributed by atoms with Gasteiger partial charge in [0.25, 0.3) is 0 Å². The van der Waals surface area contributed by atoms with Crippen LogP contribution in [0.1, 0.15) is 64.7 Å². The summed E-state index contributed by atoms with van der Waals surface area (Å²) >= 11 is 0. The summed E-state index contributed by atoms with van der Waals surface area (Å²) in [5.74, 6) is 0. The van der Waals surface area contributed by atoms with Crippen LogP contribution in [0.2, 0.25) is 0 Å². The quantitative estimate of drug-likeness (QED) is 0.525. The maximum atomic E-state index is 5.72. The Labute approximate surface area is 95.0 Å². The molecular weight excluding hydrogens is 184 g/mol. The Hall–Kier alpha value is -0.0800. The predicted octanol–water partition coefficient (Wildman–Crippen LogP) is 2.82. The van der Waals surface area contributed by atoms with Crippen molar-refractivity contribution >= 4 is 0 Å². The minimum absolute atomic E-state index is 0.378. The number of unbranched alkanes of at least 4 members (excludes halogenated alkanes) is 1. The summed E-state index contributed by atoms with van der Waals surface area (Å²) in [7, 11) is 0. The number of nitrogens with one attached hydrogen (secondary N) is 1. The maximum absolute atomic E-state index is 5.72. The molecule has 2 nitrogen and oxygen atoms in total. The second kappa shape index (κ2) is 8.12. The first-order chi connectivity index (χ1) is 7.29. The fraction of sp³-hybridized carbons (Fsp3) is 1.00. The lowest BCUT2D eigenvalue weighted by atomic mass is 10.1. The van der Waals surface area contributed by atoms with Gasteiger partial charge in [-0.3, -0.25) is 0 Å². The minimum Gasteiger partial charge on any atom is -0.328 e. The van der Waals surface area contributed by atoms with Gasteiger partial charge in [0.05, 0.1) is 0 Å². The van der Waals surface area contributed by atoms with Crippen molar-refractivity contribution in [2.75, 3.05) is 6.54 Å². The van der Waals surface area contributed by atoms with Crippen LogP contribution in [0.4, 0.5) is 0 Å². The summed E-state index contributed by atoms with van der Waals surface area (Å²) in [6.07, 6.45) is 12.3. The van der Waals surface area contributed by atoms with Crippen molar-refractivity contribution in [2.45, 2.75) is 76.8 Å². The van der Waals surface area contributed by atoms with E-state index in [4.69, 9.17) is 5.73 Å². The first kappa shape index (κ1) is 13.0. The largest absolute Gasteiger partial charge is 0.328 e. The molecule has 0 spiro atoms. The number of nitrogens with two attached hydrogens (primary N) is 1. The van der Waals surface area contributed by atoms with E-state index in [2.05, 4.69) is 12.2 Å². The van der Waals surface area contributed by atoms with Crippen LogP contribution in [-0.2, 0) is 0 Å². The van der Waals surface area contributed by atoms with Gasteiger partial charge in [-0.25, -0.2) is 0 Å². The molecule has 1 rings (SSSR count). The van der Waals surface area contributed by atoms with Crippen molar-refractivity contribution in [1.29, 1.82) is 0 Å². The van der Waals surface area contributed by atoms with Crippen molar-refractivity contribution in [3.8, 4) is 0 Å². The molecule has 1 atom stereocenters. The van der Waals surface area contributed by atoms with Gasteiger partial charge in [0.1, 0.15) is 0 Å². The van der Waals surface area contributed by atoms with Gasteiger partial charge in [-0.1, -0.05) is 32.1 Å². The Morgan fingerprint density at radius 2 is 1.80 bits per heavy atom. The van der Waals surface area contributed by atoms with E-state index < -0.39 is 0 Å². The highest BCUT2D eigenvalue weighted by Gasteiger charge is 2.10. The molecule has 2 heteroatoms. The smallest absolute Gasteiger partial charge is 0.00670 e. The van der Waals surface area contributed by atoms with E-state index in [0.29, 0.717) is 6.04 Å². The fourth-order valence-corrected chi connectivity index (χ4v) is 2.38. The fourth-order valence-electron chi connectivity index (χ4n) is 2.38. The first-order valence-electron chi connectivity index (χ1n) is 6.78. The number of hydrogen-bond acceptors (Lipinski definition) is 2. The average molecular weight is 212 g/mol. The number of rotatable bonds is 6. The van der Waals surface area contributed by atoms with E-state index in [0.717, 1.165) is 6.04 Å². The molecule has 0 aliphatic heterocycles. The molecule has 1 aliphatic carbocycles. The van der Waals surface area contributed by atoms with Gasteiger partial charge in [-0.15, -0.1) is 0 Å². The topological polar surface area (TPSA) is 38.0 Å². The van der Waals surface area contributed by atoms with Crippen molar-refractivity contribution in [3.05, 3.63) is 0 Å². The van der Waals surface area contributed by atoms with Gasteiger partial charge >= 0.3 is 0 Å². The molecule has 0 aromatic carbocycles. The van der Waals surface area contributed by atoms with Gasteiger partial charge in [-0.2, -0.15) is 0 Å². The van der Waals surface area contributed by atoms with E-state index >= 15 is 0 Å². The van der Waals surface area contributed by atoms with Crippen LogP contribution >= 0.6 is 0 Å². The van der Waals surface area contributed by atoms with Crippen LogP contribution < -0.4 is 11.1 Å². The van der Waals surface area contributed by atoms with E-state index in [1.165, 1.54) is 64.3 Å². The molecule has 0 heterocycles. The van der Waals surface area contributed by atoms with E-state index in [1.807, 2.05) is 0 Å². The lowest BCUT2D eigenvalue weighted by Crippen LogP contribution is -2.29. The van der Waals surface area contributed by atoms with Crippen LogP contribution in [0.15, 0.2) is 0 Å². The molecule has 15 heavy (non-hydrogen) atoms. The molecule has 3 N–H and O–H groups in total. The molecule has 1 fully saturated rings. The molecule has 0 amide bonds. The third kappa shape index (κ3) is 6.91. The summed E-state index contributed by atoms with van der Waals surface area (Å²) in [6.45, 7) is 3.29. The van der Waals surface area contributed by atoms with E-state index in [1.54, 1.807) is 0 Å². The molecule has 0 aromatic rings. The SMILES string of the molecule is CC(N)CCCCNC1CCCCCC1. The van der Waals surface area contributed by atoms with Gasteiger partial charge in [-0.05, 0) is 39.2 Å². The molecule has 0 aromatic heterocycles. The Bertz CT molecular complexity index is 137. The molecule has 1 aliphatic rings. The highest BCUT2D eigenvalue weighted by atomic mass is 14.9. The van der Waals surface area contributed by atoms with Crippen LogP contribution in [0.25, 0.3) is 0 Å². The Morgan fingerprint density at radius 3 is 2.40 bits per heavy atom. The van der Waals surface area contributed by atoms with Crippen molar-refractivity contribution < 1.29 is 0 Å². The molecule has 1 unspecified atom stereocenters. The third-order valence-electron chi connectivity index (χ3n) is 3.37. The molecule has 0 radical (unpaired) electrons. The second-order valence-electron chi connectivity index (χ2n) is 5.12. The van der Waals surface area contributed by atoms with Gasteiger partial charge < -0.3 is 11.1 Å². The number of hydrogen-bond donors (Lipinski definition) is 2. The zero-order chi connectivity index (χ0) is 10.9. The van der Waals surface area contributed by atoms with Crippen LogP contribution in [0, 0.1) is 0 Å². The standard InChI is InChI=1S/C13H28N2/c1-12(14)8-6-7-11-15-13-9-4-2-3-5-10-13/h12-13,15H,2-11,14H2,1H3. The Morgan fingerprint density at radius 1 is 1.13 bits per heavy atom. The average Bonchev–Trinajstić information content (AvgIpc) is 2.45. The lowest BCUT2D eigenvalue weighted by molar-refractivity contribution is 0.446. The molecule has 0 bridgehead atoms. The van der Waals surface area contributed by atoms with Gasteiger partial charge in [0, 0.05) is 12.1 Å². The summed E-state index contributed by atoms with van der Waals surface area (Å²) < 4.78 is 0. The molecule has 1 saturated carbocycles. The van der Waals surface area contributed by atoms with Crippen molar-refractivity contribution in [3.63, 3.8) is 0 Å². The Kier molecular flexibility index (Phi) is 7.03. The summed E-state index contributed by atoms with van der Waals surface area (Å²) in [6, 6.07) is 1.19. The first-order valence-corrected chi connectivity index (χ1v) is 6.78. The van der Waals surface area contributed by atoms with Crippen molar-refractivity contribution in [1.82, 2.24) is 5.32 Å². The normalized spacial score (nSPS) is 21.2. The lowest BCUT2D eigenvalue weighted by Gasteiger charge is -2.16. The molecular formula is C13H28N2. The van der Waals surface area contributed by atoms with E-state index in [-0.39, 0.29) is 0 Å². The van der Waals surface area contributed by atoms with E-state index in [9.17, 15) is 0 Å². The van der Waals surface area contributed by atoms with Gasteiger partial charge in [0.2, 0.25) is 0 Å². The summed E-state index contributed by atoms with van der Waals surface area (Å²) in [4.78, 5) is 0. The third-order valence-corrected chi connectivity index (χ3v) is 3.37. The van der Waals surface area contributed by atoms with Crippen LogP contribution in [0.3, 0.4) is 0 Å². The monoisotopic (exact) mass is 212 g/mol. The summed E-state index contributed by atoms with van der Waals surface area (Å²) in [5, 5.41) is 3.69. The maximum Gasteiger partial charge on any atom is 0.00670 e. The highest BCUT2D eigenvalue weighted by molar-refractivity contribution is 4.70. The zero-order valence-corrected chi connectivity index (χ0v) is 10.3. The second-order valence-corrected chi connectivity index (χ2v) is 5.12. The highest BCUT2D eigenvalue weighted by Crippen LogP contribution is 2.17. The zero-order valence-electron chi connectivity index (χ0n) is 10.3. The van der Waals surface area contributed by atoms with Crippen molar-refractivity contribution in [2.24, 2.45) is 5.73 Å². The Balaban J connectivity index is 1.94. The predicted molar refractivity (Wildman–Crippen MR) is 67.0 cm³/mol. The summed E-state index contributed by atoms with van der Waals surface area (Å²) in [5.41, 5.74) is 5.72.